The average molecular weight is 144 g/mol. The van der Waals surface area contributed by atoms with E-state index in [9.17, 15) is 4.79 Å². The minimum Gasteiger partial charge on any atom is -0.395 e. The highest BCUT2D eigenvalue weighted by atomic mass is 16.3. The molecule has 0 rings (SSSR count). The summed E-state index contributed by atoms with van der Waals surface area (Å²) in [5.41, 5.74) is -0.520. The minimum atomic E-state index is -0.520. The number of hydrogen-bond donors (Lipinski definition) is 1. The highest BCUT2D eigenvalue weighted by molar-refractivity contribution is 5.58. The van der Waals surface area contributed by atoms with Crippen molar-refractivity contribution in [1.29, 1.82) is 0 Å². The third-order valence-corrected chi connectivity index (χ3v) is 1.52. The van der Waals surface area contributed by atoms with Crippen LogP contribution in [0.1, 0.15) is 27.2 Å². The molecule has 0 saturated heterocycles. The lowest BCUT2D eigenvalue weighted by Gasteiger charge is -2.21. The first-order valence-electron chi connectivity index (χ1n) is 3.61. The first-order valence-corrected chi connectivity index (χ1v) is 3.61. The zero-order valence-electron chi connectivity index (χ0n) is 6.92. The molecular formula is C8H16O2. The summed E-state index contributed by atoms with van der Waals surface area (Å²) in [6.45, 7) is 5.81. The van der Waals surface area contributed by atoms with Gasteiger partial charge in [0, 0.05) is 5.41 Å². The Kier molecular flexibility index (Phi) is 3.58. The van der Waals surface area contributed by atoms with E-state index in [0.717, 1.165) is 12.7 Å². The molecule has 2 heteroatoms. The minimum absolute atomic E-state index is 0.0469. The molecule has 0 aromatic heterocycles. The number of aliphatic hydroxyl groups is 1. The molecule has 0 spiro atoms. The van der Waals surface area contributed by atoms with Crippen molar-refractivity contribution >= 4 is 6.29 Å². The maximum absolute atomic E-state index is 10.4. The second-order valence-corrected chi connectivity index (χ2v) is 3.53. The van der Waals surface area contributed by atoms with Crippen LogP contribution in [0.4, 0.5) is 0 Å². The van der Waals surface area contributed by atoms with Crippen molar-refractivity contribution in [3.8, 4) is 0 Å². The van der Waals surface area contributed by atoms with Gasteiger partial charge in [0.2, 0.25) is 0 Å². The lowest BCUT2D eigenvalue weighted by Crippen LogP contribution is -2.24. The highest BCUT2D eigenvalue weighted by Gasteiger charge is 2.23. The molecule has 1 N–H and O–H groups in total. The molecular weight excluding hydrogens is 128 g/mol. The second-order valence-electron chi connectivity index (χ2n) is 3.53. The lowest BCUT2D eigenvalue weighted by molar-refractivity contribution is -0.118. The number of aldehydes is 1. The Morgan fingerprint density at radius 1 is 1.60 bits per heavy atom. The van der Waals surface area contributed by atoms with Crippen molar-refractivity contribution in [3.63, 3.8) is 0 Å². The van der Waals surface area contributed by atoms with Crippen molar-refractivity contribution in [3.05, 3.63) is 0 Å². The van der Waals surface area contributed by atoms with E-state index in [1.54, 1.807) is 6.92 Å². The fourth-order valence-corrected chi connectivity index (χ4v) is 1.08. The van der Waals surface area contributed by atoms with Crippen LogP contribution in [0, 0.1) is 11.3 Å². The van der Waals surface area contributed by atoms with E-state index in [2.05, 4.69) is 0 Å². The van der Waals surface area contributed by atoms with E-state index in [1.165, 1.54) is 0 Å². The molecule has 60 valence electrons. The summed E-state index contributed by atoms with van der Waals surface area (Å²) >= 11 is 0. The third kappa shape index (κ3) is 2.97. The van der Waals surface area contributed by atoms with Gasteiger partial charge in [-0.15, -0.1) is 0 Å². The molecule has 0 heterocycles. The van der Waals surface area contributed by atoms with Crippen molar-refractivity contribution in [2.75, 3.05) is 6.61 Å². The fourth-order valence-electron chi connectivity index (χ4n) is 1.08. The summed E-state index contributed by atoms with van der Waals surface area (Å²) in [5.74, 6) is 0.461. The van der Waals surface area contributed by atoms with Crippen LogP contribution in [0.25, 0.3) is 0 Å². The quantitative estimate of drug-likeness (QED) is 0.602. The molecule has 1 atom stereocenters. The van der Waals surface area contributed by atoms with Gasteiger partial charge >= 0.3 is 0 Å². The van der Waals surface area contributed by atoms with E-state index in [1.807, 2.05) is 13.8 Å². The molecule has 0 saturated carbocycles. The molecule has 0 aromatic carbocycles. The van der Waals surface area contributed by atoms with E-state index in [0.29, 0.717) is 5.92 Å². The standard InChI is InChI=1S/C8H16O2/c1-7(2)4-8(3,5-9)6-10/h5,7,10H,4,6H2,1-3H3. The number of aliphatic hydroxyl groups excluding tert-OH is 1. The van der Waals surface area contributed by atoms with Crippen LogP contribution in [0.15, 0.2) is 0 Å². The zero-order chi connectivity index (χ0) is 8.20. The van der Waals surface area contributed by atoms with Crippen LogP contribution in [-0.4, -0.2) is 18.0 Å². The van der Waals surface area contributed by atoms with Crippen molar-refractivity contribution in [2.45, 2.75) is 27.2 Å². The van der Waals surface area contributed by atoms with Gasteiger partial charge < -0.3 is 9.90 Å². The molecule has 2 nitrogen and oxygen atoms in total. The van der Waals surface area contributed by atoms with Crippen LogP contribution < -0.4 is 0 Å². The Bertz CT molecular complexity index is 110. The normalized spacial score (nSPS) is 16.9. The smallest absolute Gasteiger partial charge is 0.128 e. The predicted molar refractivity (Wildman–Crippen MR) is 40.7 cm³/mol. The summed E-state index contributed by atoms with van der Waals surface area (Å²) in [4.78, 5) is 10.4. The molecule has 0 aliphatic carbocycles. The average Bonchev–Trinajstić information content (AvgIpc) is 1.87. The number of rotatable bonds is 4. The molecule has 0 aliphatic heterocycles. The Balaban J connectivity index is 3.92. The van der Waals surface area contributed by atoms with E-state index in [4.69, 9.17) is 5.11 Å². The molecule has 1 unspecified atom stereocenters. The summed E-state index contributed by atoms with van der Waals surface area (Å²) in [5, 5.41) is 8.80. The Labute approximate surface area is 62.2 Å². The van der Waals surface area contributed by atoms with Gasteiger partial charge in [-0.25, -0.2) is 0 Å². The van der Waals surface area contributed by atoms with Crippen molar-refractivity contribution in [2.24, 2.45) is 11.3 Å². The first-order chi connectivity index (χ1) is 4.54. The van der Waals surface area contributed by atoms with Crippen molar-refractivity contribution < 1.29 is 9.90 Å². The van der Waals surface area contributed by atoms with Gasteiger partial charge in [-0.3, -0.25) is 0 Å². The lowest BCUT2D eigenvalue weighted by atomic mass is 9.84. The largest absolute Gasteiger partial charge is 0.395 e. The molecule has 0 aliphatic rings. The van der Waals surface area contributed by atoms with E-state index in [-0.39, 0.29) is 6.61 Å². The van der Waals surface area contributed by atoms with Gasteiger partial charge in [0.25, 0.3) is 0 Å². The molecule has 0 amide bonds. The maximum atomic E-state index is 10.4. The summed E-state index contributed by atoms with van der Waals surface area (Å²) < 4.78 is 0. The van der Waals surface area contributed by atoms with Crippen LogP contribution in [0.3, 0.4) is 0 Å². The summed E-state index contributed by atoms with van der Waals surface area (Å²) in [7, 11) is 0. The number of carbonyl (C=O) groups excluding carboxylic acids is 1. The predicted octanol–water partition coefficient (Wildman–Crippen LogP) is 1.23. The van der Waals surface area contributed by atoms with Crippen molar-refractivity contribution in [1.82, 2.24) is 0 Å². The van der Waals surface area contributed by atoms with E-state index < -0.39 is 5.41 Å². The van der Waals surface area contributed by atoms with E-state index >= 15 is 0 Å². The van der Waals surface area contributed by atoms with Crippen LogP contribution in [0.5, 0.6) is 0 Å². The second kappa shape index (κ2) is 3.71. The summed E-state index contributed by atoms with van der Waals surface area (Å²) in [6.07, 6.45) is 1.60. The maximum Gasteiger partial charge on any atom is 0.128 e. The van der Waals surface area contributed by atoms with Crippen LogP contribution >= 0.6 is 0 Å². The fraction of sp³-hybridized carbons (Fsp3) is 0.875. The Morgan fingerprint density at radius 3 is 2.20 bits per heavy atom. The van der Waals surface area contributed by atoms with Gasteiger partial charge in [-0.2, -0.15) is 0 Å². The topological polar surface area (TPSA) is 37.3 Å². The van der Waals surface area contributed by atoms with Gasteiger partial charge in [0.15, 0.2) is 0 Å². The first kappa shape index (κ1) is 9.63. The number of carbonyl (C=O) groups is 1. The van der Waals surface area contributed by atoms with Gasteiger partial charge in [-0.05, 0) is 12.3 Å². The van der Waals surface area contributed by atoms with Gasteiger partial charge in [0.1, 0.15) is 6.29 Å². The molecule has 0 radical (unpaired) electrons. The Hall–Kier alpha value is -0.370. The summed E-state index contributed by atoms with van der Waals surface area (Å²) in [6, 6.07) is 0. The van der Waals surface area contributed by atoms with Gasteiger partial charge in [0.05, 0.1) is 6.61 Å². The Morgan fingerprint density at radius 2 is 2.10 bits per heavy atom. The molecule has 10 heavy (non-hydrogen) atoms. The molecule has 0 fully saturated rings. The third-order valence-electron chi connectivity index (χ3n) is 1.52. The SMILES string of the molecule is CC(C)CC(C)(C=O)CO. The van der Waals surface area contributed by atoms with Crippen LogP contribution in [0.2, 0.25) is 0 Å². The highest BCUT2D eigenvalue weighted by Crippen LogP contribution is 2.22. The number of hydrogen-bond acceptors (Lipinski definition) is 2. The zero-order valence-corrected chi connectivity index (χ0v) is 6.92. The van der Waals surface area contributed by atoms with Crippen LogP contribution in [-0.2, 0) is 4.79 Å². The molecule has 0 bridgehead atoms. The van der Waals surface area contributed by atoms with Gasteiger partial charge in [-0.1, -0.05) is 20.8 Å². The molecule has 0 aromatic rings. The monoisotopic (exact) mass is 144 g/mol.